The van der Waals surface area contributed by atoms with Crippen LogP contribution >= 0.6 is 11.8 Å². The van der Waals surface area contributed by atoms with Crippen molar-refractivity contribution in [2.45, 2.75) is 25.7 Å². The van der Waals surface area contributed by atoms with Crippen molar-refractivity contribution in [1.29, 1.82) is 0 Å². The number of piperazine rings is 1. The number of aromatic nitrogens is 2. The number of nitrogens with zero attached hydrogens (tertiary/aromatic N) is 4. The lowest BCUT2D eigenvalue weighted by molar-refractivity contribution is -0.138. The van der Waals surface area contributed by atoms with Crippen molar-refractivity contribution in [2.24, 2.45) is 4.99 Å². The number of aliphatic imine (C=N–C) groups is 1. The maximum absolute atomic E-state index is 13.8. The summed E-state index contributed by atoms with van der Waals surface area (Å²) < 4.78 is 42.9. The van der Waals surface area contributed by atoms with E-state index in [9.17, 15) is 23.1 Å². The zero-order chi connectivity index (χ0) is 27.0. The van der Waals surface area contributed by atoms with E-state index in [2.05, 4.69) is 22.0 Å². The van der Waals surface area contributed by atoms with E-state index in [1.807, 2.05) is 11.0 Å². The molecule has 2 aliphatic heterocycles. The monoisotopic (exact) mass is 541 g/mol. The molecule has 0 saturated carbocycles. The molecule has 1 aromatic heterocycles. The summed E-state index contributed by atoms with van der Waals surface area (Å²) >= 11 is 1.30. The predicted molar refractivity (Wildman–Crippen MR) is 143 cm³/mol. The van der Waals surface area contributed by atoms with Crippen LogP contribution < -0.4 is 5.32 Å². The lowest BCUT2D eigenvalue weighted by Gasteiger charge is -2.33. The molecular formula is C27H26F3N5O2S. The molecule has 0 bridgehead atoms. The number of rotatable bonds is 5. The minimum atomic E-state index is -4.50. The molecule has 0 spiro atoms. The summed E-state index contributed by atoms with van der Waals surface area (Å²) in [4.78, 5) is 19.2. The SMILES string of the molecule is C=C(C)c1ccc(Cn2ncc3cc(/C=C4\SC(N5CCN[C@@H](CO)C5)=NC4=O)ccc32)c(C(F)(F)F)c1. The molecule has 11 heteroatoms. The molecule has 5 rings (SSSR count). The van der Waals surface area contributed by atoms with Crippen LogP contribution in [-0.2, 0) is 17.5 Å². The van der Waals surface area contributed by atoms with Gasteiger partial charge in [-0.3, -0.25) is 9.48 Å². The number of thioether (sulfide) groups is 1. The molecule has 3 heterocycles. The van der Waals surface area contributed by atoms with Gasteiger partial charge < -0.3 is 15.3 Å². The number of allylic oxidation sites excluding steroid dienone is 1. The molecule has 1 fully saturated rings. The number of amides is 1. The van der Waals surface area contributed by atoms with E-state index in [0.717, 1.165) is 17.0 Å². The molecule has 1 saturated heterocycles. The molecule has 7 nitrogen and oxygen atoms in total. The number of hydrogen-bond acceptors (Lipinski definition) is 6. The number of hydrogen-bond donors (Lipinski definition) is 2. The Balaban J connectivity index is 1.36. The fourth-order valence-electron chi connectivity index (χ4n) is 4.53. The largest absolute Gasteiger partial charge is 0.416 e. The molecule has 2 N–H and O–H groups in total. The number of aliphatic hydroxyl groups is 1. The Kier molecular flexibility index (Phi) is 7.17. The first-order chi connectivity index (χ1) is 18.1. The number of halogens is 3. The highest BCUT2D eigenvalue weighted by Crippen LogP contribution is 2.35. The number of fused-ring (bicyclic) bond motifs is 1. The number of carbonyl (C=O) groups excluding carboxylic acids is 1. The molecular weight excluding hydrogens is 515 g/mol. The van der Waals surface area contributed by atoms with E-state index >= 15 is 0 Å². The average Bonchev–Trinajstić information content (AvgIpc) is 3.46. The minimum absolute atomic E-state index is 0.0100. The summed E-state index contributed by atoms with van der Waals surface area (Å²) in [7, 11) is 0. The molecule has 0 unspecified atom stereocenters. The number of benzene rings is 2. The van der Waals surface area contributed by atoms with Crippen molar-refractivity contribution in [3.8, 4) is 0 Å². The van der Waals surface area contributed by atoms with Gasteiger partial charge >= 0.3 is 6.18 Å². The third-order valence-electron chi connectivity index (χ3n) is 6.55. The highest BCUT2D eigenvalue weighted by Gasteiger charge is 2.34. The predicted octanol–water partition coefficient (Wildman–Crippen LogP) is 4.37. The second-order valence-electron chi connectivity index (χ2n) is 9.36. The molecule has 3 aromatic rings. The molecule has 38 heavy (non-hydrogen) atoms. The maximum Gasteiger partial charge on any atom is 0.416 e. The first-order valence-electron chi connectivity index (χ1n) is 12.1. The molecule has 0 radical (unpaired) electrons. The average molecular weight is 542 g/mol. The second-order valence-corrected chi connectivity index (χ2v) is 10.4. The first-order valence-corrected chi connectivity index (χ1v) is 12.9. The Hall–Kier alpha value is -3.41. The van der Waals surface area contributed by atoms with Gasteiger partial charge in [0.15, 0.2) is 5.17 Å². The highest BCUT2D eigenvalue weighted by atomic mass is 32.2. The van der Waals surface area contributed by atoms with Crippen molar-refractivity contribution in [3.05, 3.63) is 76.3 Å². The standard InChI is InChI=1S/C27H26F3N5O2S/c1-16(2)18-4-5-19(22(11-18)27(28,29)30)13-35-23-6-3-17(9-20(23)12-32-35)10-24-25(37)33-26(38-24)34-8-7-31-21(14-34)15-36/h3-6,9-12,21,31,36H,1,7-8,13-15H2,2H3/b24-10-/t21-/m1/s1. The molecule has 0 aliphatic carbocycles. The van der Waals surface area contributed by atoms with Gasteiger partial charge in [-0.05, 0) is 59.7 Å². The third kappa shape index (κ3) is 5.40. The molecule has 2 aromatic carbocycles. The van der Waals surface area contributed by atoms with Gasteiger partial charge in [-0.1, -0.05) is 30.4 Å². The molecule has 1 amide bonds. The summed E-state index contributed by atoms with van der Waals surface area (Å²) in [6, 6.07) is 9.62. The normalized spacial score (nSPS) is 19.4. The Morgan fingerprint density at radius 3 is 2.84 bits per heavy atom. The lowest BCUT2D eigenvalue weighted by atomic mass is 10.00. The van der Waals surface area contributed by atoms with Crippen LogP contribution in [0.5, 0.6) is 0 Å². The second kappa shape index (κ2) is 10.4. The summed E-state index contributed by atoms with van der Waals surface area (Å²) in [5.41, 5.74) is 1.87. The summed E-state index contributed by atoms with van der Waals surface area (Å²) in [5.74, 6) is -0.322. The van der Waals surface area contributed by atoms with Crippen LogP contribution in [0.25, 0.3) is 22.6 Å². The lowest BCUT2D eigenvalue weighted by Crippen LogP contribution is -2.53. The van der Waals surface area contributed by atoms with Gasteiger partial charge in [0.25, 0.3) is 5.91 Å². The molecule has 2 aliphatic rings. The topological polar surface area (TPSA) is 82.8 Å². The van der Waals surface area contributed by atoms with Gasteiger partial charge in [0, 0.05) is 31.1 Å². The Morgan fingerprint density at radius 1 is 1.29 bits per heavy atom. The molecule has 1 atom stereocenters. The van der Waals surface area contributed by atoms with E-state index in [1.165, 1.54) is 22.5 Å². The van der Waals surface area contributed by atoms with E-state index in [4.69, 9.17) is 0 Å². The van der Waals surface area contributed by atoms with Crippen LogP contribution in [0.2, 0.25) is 0 Å². The Labute approximate surface area is 221 Å². The van der Waals surface area contributed by atoms with Crippen molar-refractivity contribution in [1.82, 2.24) is 20.0 Å². The van der Waals surface area contributed by atoms with Crippen molar-refractivity contribution < 1.29 is 23.1 Å². The van der Waals surface area contributed by atoms with Gasteiger partial charge in [-0.15, -0.1) is 0 Å². The van der Waals surface area contributed by atoms with Crippen LogP contribution in [0.1, 0.15) is 29.2 Å². The van der Waals surface area contributed by atoms with E-state index < -0.39 is 11.7 Å². The van der Waals surface area contributed by atoms with E-state index in [0.29, 0.717) is 46.4 Å². The van der Waals surface area contributed by atoms with Gasteiger partial charge in [-0.2, -0.15) is 23.3 Å². The molecule has 198 valence electrons. The number of carbonyl (C=O) groups is 1. The Morgan fingerprint density at radius 2 is 2.11 bits per heavy atom. The number of aliphatic hydroxyl groups excluding tert-OH is 1. The summed E-state index contributed by atoms with van der Waals surface area (Å²) in [6.07, 6.45) is -1.14. The number of nitrogens with one attached hydrogen (secondary N) is 1. The maximum atomic E-state index is 13.8. The van der Waals surface area contributed by atoms with Gasteiger partial charge in [0.05, 0.1) is 35.3 Å². The quantitative estimate of drug-likeness (QED) is 0.467. The van der Waals surface area contributed by atoms with E-state index in [1.54, 1.807) is 37.4 Å². The zero-order valence-corrected chi connectivity index (χ0v) is 21.4. The van der Waals surface area contributed by atoms with Gasteiger partial charge in [0.2, 0.25) is 0 Å². The van der Waals surface area contributed by atoms with Crippen LogP contribution in [0.3, 0.4) is 0 Å². The van der Waals surface area contributed by atoms with Crippen molar-refractivity contribution >= 4 is 45.4 Å². The van der Waals surface area contributed by atoms with Crippen LogP contribution in [0.15, 0.2) is 59.1 Å². The number of amidine groups is 1. The fourth-order valence-corrected chi connectivity index (χ4v) is 5.48. The smallest absolute Gasteiger partial charge is 0.395 e. The summed E-state index contributed by atoms with van der Waals surface area (Å²) in [6.45, 7) is 7.35. The first kappa shape index (κ1) is 26.2. The van der Waals surface area contributed by atoms with Gasteiger partial charge in [-0.25, -0.2) is 0 Å². The summed E-state index contributed by atoms with van der Waals surface area (Å²) in [5, 5.41) is 18.3. The van der Waals surface area contributed by atoms with Crippen molar-refractivity contribution in [2.75, 3.05) is 26.2 Å². The van der Waals surface area contributed by atoms with Crippen LogP contribution in [0.4, 0.5) is 13.2 Å². The van der Waals surface area contributed by atoms with Gasteiger partial charge in [0.1, 0.15) is 0 Å². The third-order valence-corrected chi connectivity index (χ3v) is 7.59. The fraction of sp³-hybridized carbons (Fsp3) is 0.296. The zero-order valence-electron chi connectivity index (χ0n) is 20.6. The number of alkyl halides is 3. The highest BCUT2D eigenvalue weighted by molar-refractivity contribution is 8.18. The van der Waals surface area contributed by atoms with Crippen molar-refractivity contribution in [3.63, 3.8) is 0 Å². The van der Waals surface area contributed by atoms with E-state index in [-0.39, 0.29) is 30.7 Å². The van der Waals surface area contributed by atoms with Crippen LogP contribution in [-0.4, -0.2) is 63.1 Å². The Bertz CT molecular complexity index is 1480. The minimum Gasteiger partial charge on any atom is -0.395 e. The van der Waals surface area contributed by atoms with Crippen LogP contribution in [0, 0.1) is 0 Å².